The van der Waals surface area contributed by atoms with Crippen molar-refractivity contribution >= 4 is 23.4 Å². The van der Waals surface area contributed by atoms with E-state index in [0.29, 0.717) is 29.9 Å². The van der Waals surface area contributed by atoms with Crippen molar-refractivity contribution in [2.75, 3.05) is 17.2 Å². The van der Waals surface area contributed by atoms with Crippen molar-refractivity contribution < 1.29 is 0 Å². The Labute approximate surface area is 172 Å². The number of aromatic nitrogens is 2. The summed E-state index contributed by atoms with van der Waals surface area (Å²) in [5.41, 5.74) is 1.80. The molecule has 0 aliphatic heterocycles. The van der Waals surface area contributed by atoms with Crippen LogP contribution in [0.15, 0.2) is 30.5 Å². The monoisotopic (exact) mass is 397 g/mol. The highest BCUT2D eigenvalue weighted by molar-refractivity contribution is 6.30. The van der Waals surface area contributed by atoms with Crippen LogP contribution in [0.3, 0.4) is 0 Å². The zero-order valence-corrected chi connectivity index (χ0v) is 17.6. The average molecular weight is 398 g/mol. The van der Waals surface area contributed by atoms with E-state index in [1.54, 1.807) is 6.20 Å². The van der Waals surface area contributed by atoms with E-state index in [0.717, 1.165) is 29.3 Å². The molecule has 0 amide bonds. The molecular formula is C22H28ClN5. The van der Waals surface area contributed by atoms with E-state index >= 15 is 0 Å². The molecule has 2 atom stereocenters. The minimum absolute atomic E-state index is 0.162. The summed E-state index contributed by atoms with van der Waals surface area (Å²) in [6.07, 6.45) is 5.86. The fourth-order valence-corrected chi connectivity index (χ4v) is 4.30. The van der Waals surface area contributed by atoms with Crippen molar-refractivity contribution in [3.63, 3.8) is 0 Å². The Hall–Kier alpha value is -2.32. The summed E-state index contributed by atoms with van der Waals surface area (Å²) in [4.78, 5) is 8.88. The van der Waals surface area contributed by atoms with Crippen LogP contribution < -0.4 is 10.6 Å². The molecule has 2 N–H and O–H groups in total. The Morgan fingerprint density at radius 3 is 2.86 bits per heavy atom. The molecule has 1 aliphatic rings. The van der Waals surface area contributed by atoms with Gasteiger partial charge in [-0.05, 0) is 54.7 Å². The highest BCUT2D eigenvalue weighted by Crippen LogP contribution is 2.40. The maximum atomic E-state index is 9.46. The van der Waals surface area contributed by atoms with Crippen LogP contribution in [0.2, 0.25) is 5.02 Å². The molecule has 28 heavy (non-hydrogen) atoms. The van der Waals surface area contributed by atoms with E-state index in [-0.39, 0.29) is 5.41 Å². The fraction of sp³-hybridized carbons (Fsp3) is 0.500. The first-order valence-corrected chi connectivity index (χ1v) is 10.3. The zero-order chi connectivity index (χ0) is 20.1. The first-order valence-electron chi connectivity index (χ1n) is 9.89. The van der Waals surface area contributed by atoms with E-state index in [2.05, 4.69) is 47.4 Å². The lowest BCUT2D eigenvalue weighted by Gasteiger charge is -2.42. The van der Waals surface area contributed by atoms with Gasteiger partial charge in [0.25, 0.3) is 0 Å². The van der Waals surface area contributed by atoms with Crippen LogP contribution in [0, 0.1) is 22.7 Å². The molecule has 1 fully saturated rings. The number of rotatable bonds is 6. The number of nitriles is 1. The molecular weight excluding hydrogens is 370 g/mol. The number of hydrogen-bond acceptors (Lipinski definition) is 5. The van der Waals surface area contributed by atoms with Gasteiger partial charge in [0, 0.05) is 17.6 Å². The van der Waals surface area contributed by atoms with Crippen LogP contribution in [0.1, 0.15) is 51.2 Å². The van der Waals surface area contributed by atoms with Crippen LogP contribution in [0.25, 0.3) is 0 Å². The second kappa shape index (κ2) is 8.79. The number of anilines is 2. The lowest BCUT2D eigenvalue weighted by atomic mass is 9.69. The normalized spacial score (nSPS) is 21.0. The molecule has 3 rings (SSSR count). The first kappa shape index (κ1) is 20.4. The van der Waals surface area contributed by atoms with Crippen molar-refractivity contribution in [2.24, 2.45) is 11.3 Å². The van der Waals surface area contributed by atoms with Crippen molar-refractivity contribution in [3.05, 3.63) is 46.6 Å². The van der Waals surface area contributed by atoms with Crippen molar-refractivity contribution in [1.82, 2.24) is 9.97 Å². The van der Waals surface area contributed by atoms with Gasteiger partial charge >= 0.3 is 0 Å². The van der Waals surface area contributed by atoms with E-state index in [1.165, 1.54) is 12.8 Å². The summed E-state index contributed by atoms with van der Waals surface area (Å²) in [5.74, 6) is 1.89. The summed E-state index contributed by atoms with van der Waals surface area (Å²) in [5, 5.41) is 17.0. The Morgan fingerprint density at radius 2 is 2.14 bits per heavy atom. The molecule has 1 aliphatic carbocycles. The molecule has 0 bridgehead atoms. The SMILES string of the molecule is C[C@H]1CC[C@@H](Nc2nc(NCCc3cccc(Cl)c3)ncc2C#N)C(C)(C)C1. The lowest BCUT2D eigenvalue weighted by Crippen LogP contribution is -2.41. The third-order valence-corrected chi connectivity index (χ3v) is 5.81. The molecule has 0 saturated heterocycles. The number of nitrogens with one attached hydrogen (secondary N) is 2. The second-order valence-corrected chi connectivity index (χ2v) is 8.88. The van der Waals surface area contributed by atoms with Gasteiger partial charge in [-0.25, -0.2) is 4.98 Å². The highest BCUT2D eigenvalue weighted by atomic mass is 35.5. The van der Waals surface area contributed by atoms with Crippen LogP contribution in [-0.2, 0) is 6.42 Å². The predicted octanol–water partition coefficient (Wildman–Crippen LogP) is 5.28. The Kier molecular flexibility index (Phi) is 6.41. The van der Waals surface area contributed by atoms with Crippen molar-refractivity contribution in [3.8, 4) is 6.07 Å². The second-order valence-electron chi connectivity index (χ2n) is 8.45. The molecule has 2 aromatic rings. The van der Waals surface area contributed by atoms with Gasteiger partial charge in [0.05, 0.1) is 6.20 Å². The van der Waals surface area contributed by atoms with Gasteiger partial charge in [0.1, 0.15) is 17.5 Å². The zero-order valence-electron chi connectivity index (χ0n) is 16.8. The van der Waals surface area contributed by atoms with Crippen LogP contribution in [0.5, 0.6) is 0 Å². The fourth-order valence-electron chi connectivity index (χ4n) is 4.09. The van der Waals surface area contributed by atoms with E-state index in [9.17, 15) is 5.26 Å². The van der Waals surface area contributed by atoms with Crippen molar-refractivity contribution in [2.45, 2.75) is 52.5 Å². The standard InChI is InChI=1S/C22H28ClN5/c1-15-7-8-19(22(2,3)12-15)27-20-17(13-24)14-26-21(28-20)25-10-9-16-5-4-6-18(23)11-16/h4-6,11,14-15,19H,7-10,12H2,1-3H3,(H2,25,26,27,28)/t15-,19+/m0/s1. The topological polar surface area (TPSA) is 73.6 Å². The maximum Gasteiger partial charge on any atom is 0.224 e. The number of halogens is 1. The average Bonchev–Trinajstić information content (AvgIpc) is 2.64. The Balaban J connectivity index is 1.67. The van der Waals surface area contributed by atoms with Gasteiger partial charge in [-0.2, -0.15) is 10.2 Å². The molecule has 5 nitrogen and oxygen atoms in total. The largest absolute Gasteiger partial charge is 0.366 e. The van der Waals surface area contributed by atoms with Gasteiger partial charge in [0.2, 0.25) is 5.95 Å². The molecule has 1 saturated carbocycles. The van der Waals surface area contributed by atoms with Crippen molar-refractivity contribution in [1.29, 1.82) is 5.26 Å². The molecule has 1 aromatic carbocycles. The third kappa shape index (κ3) is 5.14. The molecule has 0 unspecified atom stereocenters. The molecule has 1 heterocycles. The van der Waals surface area contributed by atoms with Gasteiger partial charge in [-0.3, -0.25) is 0 Å². The summed E-state index contributed by atoms with van der Waals surface area (Å²) in [7, 11) is 0. The maximum absolute atomic E-state index is 9.46. The van der Waals surface area contributed by atoms with Gasteiger partial charge in [-0.15, -0.1) is 0 Å². The molecule has 1 aromatic heterocycles. The van der Waals surface area contributed by atoms with E-state index < -0.39 is 0 Å². The minimum Gasteiger partial charge on any atom is -0.366 e. The van der Waals surface area contributed by atoms with Gasteiger partial charge in [-0.1, -0.05) is 44.5 Å². The highest BCUT2D eigenvalue weighted by Gasteiger charge is 2.35. The Bertz CT molecular complexity index is 858. The van der Waals surface area contributed by atoms with Gasteiger partial charge < -0.3 is 10.6 Å². The van der Waals surface area contributed by atoms with Crippen LogP contribution >= 0.6 is 11.6 Å². The summed E-state index contributed by atoms with van der Waals surface area (Å²) in [6.45, 7) is 7.58. The molecule has 148 valence electrons. The molecule has 6 heteroatoms. The van der Waals surface area contributed by atoms with Crippen LogP contribution in [0.4, 0.5) is 11.8 Å². The van der Waals surface area contributed by atoms with Crippen LogP contribution in [-0.4, -0.2) is 22.6 Å². The first-order chi connectivity index (χ1) is 13.4. The number of benzene rings is 1. The number of nitrogens with zero attached hydrogens (tertiary/aromatic N) is 3. The molecule has 0 radical (unpaired) electrons. The smallest absolute Gasteiger partial charge is 0.224 e. The lowest BCUT2D eigenvalue weighted by molar-refractivity contribution is 0.169. The summed E-state index contributed by atoms with van der Waals surface area (Å²) >= 11 is 6.04. The Morgan fingerprint density at radius 1 is 1.32 bits per heavy atom. The van der Waals surface area contributed by atoms with E-state index in [4.69, 9.17) is 11.6 Å². The number of hydrogen-bond donors (Lipinski definition) is 2. The summed E-state index contributed by atoms with van der Waals surface area (Å²) in [6, 6.07) is 10.3. The quantitative estimate of drug-likeness (QED) is 0.693. The van der Waals surface area contributed by atoms with Gasteiger partial charge in [0.15, 0.2) is 0 Å². The summed E-state index contributed by atoms with van der Waals surface area (Å²) < 4.78 is 0. The van der Waals surface area contributed by atoms with E-state index in [1.807, 2.05) is 24.3 Å². The minimum atomic E-state index is 0.162. The third-order valence-electron chi connectivity index (χ3n) is 5.57. The molecule has 0 spiro atoms. The predicted molar refractivity (Wildman–Crippen MR) is 115 cm³/mol.